The molecule has 3 atom stereocenters. The van der Waals surface area contributed by atoms with E-state index in [0.717, 1.165) is 19.4 Å². The van der Waals surface area contributed by atoms with Gasteiger partial charge in [-0.15, -0.1) is 0 Å². The molecular formula is C19H31N3O. The monoisotopic (exact) mass is 317 g/mol. The number of carbonyl (C=O) groups is 1. The maximum Gasteiger partial charge on any atom is 0.236 e. The number of nitrogens with two attached hydrogens (primary N) is 1. The van der Waals surface area contributed by atoms with E-state index in [0.29, 0.717) is 12.1 Å². The molecule has 4 nitrogen and oxygen atoms in total. The largest absolute Gasteiger partial charge is 0.350 e. The van der Waals surface area contributed by atoms with Crippen molar-refractivity contribution in [2.24, 2.45) is 5.73 Å². The Morgan fingerprint density at radius 3 is 2.48 bits per heavy atom. The van der Waals surface area contributed by atoms with Gasteiger partial charge >= 0.3 is 0 Å². The fourth-order valence-electron chi connectivity index (χ4n) is 3.47. The molecule has 0 aliphatic heterocycles. The zero-order valence-corrected chi connectivity index (χ0v) is 14.7. The number of rotatable bonds is 6. The highest BCUT2D eigenvalue weighted by Crippen LogP contribution is 2.26. The van der Waals surface area contributed by atoms with Crippen molar-refractivity contribution in [3.63, 3.8) is 0 Å². The van der Waals surface area contributed by atoms with Crippen molar-refractivity contribution in [3.05, 3.63) is 35.9 Å². The summed E-state index contributed by atoms with van der Waals surface area (Å²) in [6.07, 6.45) is 4.58. The molecule has 1 aromatic carbocycles. The molecular weight excluding hydrogens is 286 g/mol. The summed E-state index contributed by atoms with van der Waals surface area (Å²) in [6, 6.07) is 11.2. The number of amides is 1. The minimum atomic E-state index is -0.445. The quantitative estimate of drug-likeness (QED) is 0.848. The van der Waals surface area contributed by atoms with Crippen molar-refractivity contribution in [3.8, 4) is 0 Å². The summed E-state index contributed by atoms with van der Waals surface area (Å²) in [5.41, 5.74) is 7.06. The molecule has 0 heterocycles. The third-order valence-electron chi connectivity index (χ3n) is 4.77. The Bertz CT molecular complexity index is 487. The van der Waals surface area contributed by atoms with Crippen LogP contribution in [0, 0.1) is 0 Å². The summed E-state index contributed by atoms with van der Waals surface area (Å²) in [6.45, 7) is 7.15. The van der Waals surface area contributed by atoms with Gasteiger partial charge in [-0.25, -0.2) is 0 Å². The van der Waals surface area contributed by atoms with Crippen molar-refractivity contribution in [1.82, 2.24) is 10.2 Å². The second-order valence-corrected chi connectivity index (χ2v) is 7.01. The van der Waals surface area contributed by atoms with Crippen LogP contribution in [-0.4, -0.2) is 35.0 Å². The lowest BCUT2D eigenvalue weighted by molar-refractivity contribution is -0.123. The van der Waals surface area contributed by atoms with Crippen LogP contribution in [-0.2, 0) is 11.3 Å². The van der Waals surface area contributed by atoms with E-state index in [-0.39, 0.29) is 11.9 Å². The summed E-state index contributed by atoms with van der Waals surface area (Å²) < 4.78 is 0. The van der Waals surface area contributed by atoms with E-state index in [9.17, 15) is 4.79 Å². The normalized spacial score (nSPS) is 23.0. The second kappa shape index (κ2) is 8.46. The topological polar surface area (TPSA) is 58.4 Å². The first-order valence-corrected chi connectivity index (χ1v) is 8.84. The summed E-state index contributed by atoms with van der Waals surface area (Å²) in [4.78, 5) is 14.6. The Morgan fingerprint density at radius 1 is 1.22 bits per heavy atom. The number of hydrogen-bond acceptors (Lipinski definition) is 3. The summed E-state index contributed by atoms with van der Waals surface area (Å²) in [5.74, 6) is -0.0367. The molecule has 2 unspecified atom stereocenters. The fourth-order valence-corrected chi connectivity index (χ4v) is 3.47. The number of benzene rings is 1. The Morgan fingerprint density at radius 2 is 1.87 bits per heavy atom. The molecule has 1 saturated carbocycles. The third-order valence-corrected chi connectivity index (χ3v) is 4.77. The van der Waals surface area contributed by atoms with Crippen LogP contribution in [0.4, 0.5) is 0 Å². The Hall–Kier alpha value is -1.39. The number of nitrogens with zero attached hydrogens (tertiary/aromatic N) is 1. The number of hydrogen-bond donors (Lipinski definition) is 2. The van der Waals surface area contributed by atoms with Gasteiger partial charge in [0.1, 0.15) is 0 Å². The highest BCUT2D eigenvalue weighted by Gasteiger charge is 2.32. The zero-order chi connectivity index (χ0) is 16.8. The van der Waals surface area contributed by atoms with Gasteiger partial charge in [0.2, 0.25) is 5.91 Å². The van der Waals surface area contributed by atoms with E-state index in [1.165, 1.54) is 18.4 Å². The van der Waals surface area contributed by atoms with E-state index in [1.807, 2.05) is 0 Å². The van der Waals surface area contributed by atoms with Crippen LogP contribution in [0.2, 0.25) is 0 Å². The second-order valence-electron chi connectivity index (χ2n) is 7.01. The van der Waals surface area contributed by atoms with E-state index in [1.54, 1.807) is 6.92 Å². The Kier molecular flexibility index (Phi) is 6.60. The van der Waals surface area contributed by atoms with Crippen LogP contribution >= 0.6 is 0 Å². The average molecular weight is 317 g/mol. The number of carbonyl (C=O) groups excluding carboxylic acids is 1. The van der Waals surface area contributed by atoms with E-state index in [4.69, 9.17) is 5.73 Å². The van der Waals surface area contributed by atoms with Crippen LogP contribution in [0.5, 0.6) is 0 Å². The smallest absolute Gasteiger partial charge is 0.236 e. The fraction of sp³-hybridized carbons (Fsp3) is 0.632. The van der Waals surface area contributed by atoms with Crippen LogP contribution in [0.1, 0.15) is 52.0 Å². The lowest BCUT2D eigenvalue weighted by Crippen LogP contribution is -2.56. The molecule has 1 amide bonds. The van der Waals surface area contributed by atoms with Gasteiger partial charge in [0.15, 0.2) is 0 Å². The molecule has 1 aromatic rings. The molecule has 0 saturated heterocycles. The first-order valence-electron chi connectivity index (χ1n) is 8.84. The summed E-state index contributed by atoms with van der Waals surface area (Å²) in [5, 5.41) is 3.18. The van der Waals surface area contributed by atoms with Crippen LogP contribution < -0.4 is 11.1 Å². The molecule has 0 bridgehead atoms. The summed E-state index contributed by atoms with van der Waals surface area (Å²) in [7, 11) is 0. The van der Waals surface area contributed by atoms with Crippen molar-refractivity contribution in [2.45, 2.75) is 77.2 Å². The molecule has 4 heteroatoms. The predicted molar refractivity (Wildman–Crippen MR) is 95.0 cm³/mol. The SMILES string of the molecule is CC(N)C(=O)NC1CCCC[C@@H]1N(Cc1ccccc1)C(C)C. The van der Waals surface area contributed by atoms with Crippen molar-refractivity contribution >= 4 is 5.91 Å². The highest BCUT2D eigenvalue weighted by atomic mass is 16.2. The molecule has 0 aromatic heterocycles. The van der Waals surface area contributed by atoms with Gasteiger partial charge in [-0.2, -0.15) is 0 Å². The van der Waals surface area contributed by atoms with Crippen LogP contribution in [0.15, 0.2) is 30.3 Å². The standard InChI is InChI=1S/C19H31N3O/c1-14(2)22(13-16-9-5-4-6-10-16)18-12-8-7-11-17(18)21-19(23)15(3)20/h4-6,9-10,14-15,17-18H,7-8,11-13,20H2,1-3H3,(H,21,23)/t15?,17?,18-/m0/s1. The predicted octanol–water partition coefficient (Wildman–Crippen LogP) is 2.67. The Labute approximate surface area is 140 Å². The van der Waals surface area contributed by atoms with Crippen molar-refractivity contribution in [2.75, 3.05) is 0 Å². The minimum Gasteiger partial charge on any atom is -0.350 e. The molecule has 2 rings (SSSR count). The van der Waals surface area contributed by atoms with E-state index < -0.39 is 6.04 Å². The number of nitrogens with one attached hydrogen (secondary N) is 1. The third kappa shape index (κ3) is 5.05. The molecule has 23 heavy (non-hydrogen) atoms. The first-order chi connectivity index (χ1) is 11.0. The van der Waals surface area contributed by atoms with Gasteiger partial charge in [-0.1, -0.05) is 43.2 Å². The Balaban J connectivity index is 2.12. The van der Waals surface area contributed by atoms with E-state index >= 15 is 0 Å². The van der Waals surface area contributed by atoms with Gasteiger partial charge in [0.25, 0.3) is 0 Å². The molecule has 0 spiro atoms. The molecule has 0 radical (unpaired) electrons. The first kappa shape index (κ1) is 18.0. The maximum absolute atomic E-state index is 12.1. The van der Waals surface area contributed by atoms with E-state index in [2.05, 4.69) is 54.4 Å². The van der Waals surface area contributed by atoms with Crippen LogP contribution in [0.25, 0.3) is 0 Å². The molecule has 1 fully saturated rings. The maximum atomic E-state index is 12.1. The zero-order valence-electron chi connectivity index (χ0n) is 14.7. The molecule has 1 aliphatic rings. The van der Waals surface area contributed by atoms with Gasteiger partial charge in [0.05, 0.1) is 6.04 Å². The van der Waals surface area contributed by atoms with Crippen LogP contribution in [0.3, 0.4) is 0 Å². The van der Waals surface area contributed by atoms with Gasteiger partial charge in [-0.3, -0.25) is 9.69 Å². The molecule has 3 N–H and O–H groups in total. The van der Waals surface area contributed by atoms with Gasteiger partial charge in [-0.05, 0) is 39.2 Å². The van der Waals surface area contributed by atoms with Crippen molar-refractivity contribution in [1.29, 1.82) is 0 Å². The van der Waals surface area contributed by atoms with Crippen molar-refractivity contribution < 1.29 is 4.79 Å². The van der Waals surface area contributed by atoms with Gasteiger partial charge < -0.3 is 11.1 Å². The van der Waals surface area contributed by atoms with Gasteiger partial charge in [0, 0.05) is 24.7 Å². The lowest BCUT2D eigenvalue weighted by atomic mass is 9.88. The average Bonchev–Trinajstić information content (AvgIpc) is 2.54. The summed E-state index contributed by atoms with van der Waals surface area (Å²) >= 11 is 0. The molecule has 1 aliphatic carbocycles. The molecule has 128 valence electrons. The lowest BCUT2D eigenvalue weighted by Gasteiger charge is -2.42. The highest BCUT2D eigenvalue weighted by molar-refractivity contribution is 5.81. The minimum absolute atomic E-state index is 0.0367.